The van der Waals surface area contributed by atoms with Crippen molar-refractivity contribution < 1.29 is 13.2 Å². The molecular formula is C17H15N3O3S2. The maximum Gasteiger partial charge on any atom is 0.241 e. The molecule has 0 bridgehead atoms. The van der Waals surface area contributed by atoms with Gasteiger partial charge in [-0.15, -0.1) is 0 Å². The number of aryl methyl sites for hydroxylation is 1. The molecule has 2 heterocycles. The average Bonchev–Trinajstić information content (AvgIpc) is 3.04. The Morgan fingerprint density at radius 3 is 2.56 bits per heavy atom. The van der Waals surface area contributed by atoms with Crippen molar-refractivity contribution in [3.8, 4) is 10.6 Å². The van der Waals surface area contributed by atoms with Gasteiger partial charge < -0.3 is 5.32 Å². The van der Waals surface area contributed by atoms with Crippen LogP contribution in [0.5, 0.6) is 0 Å². The topological polar surface area (TPSA) is 89.0 Å². The Balaban J connectivity index is 1.69. The van der Waals surface area contributed by atoms with Gasteiger partial charge in [-0.25, -0.2) is 13.4 Å². The van der Waals surface area contributed by atoms with Crippen LogP contribution in [0.15, 0.2) is 59.8 Å². The first kappa shape index (κ1) is 17.2. The number of rotatable bonds is 5. The Morgan fingerprint density at radius 1 is 1.12 bits per heavy atom. The van der Waals surface area contributed by atoms with Crippen molar-refractivity contribution in [3.05, 3.63) is 60.4 Å². The second-order valence-electron chi connectivity index (χ2n) is 5.36. The molecule has 0 radical (unpaired) electrons. The number of aromatic nitrogens is 2. The fourth-order valence-electron chi connectivity index (χ4n) is 2.12. The zero-order valence-electron chi connectivity index (χ0n) is 13.3. The number of benzene rings is 1. The van der Waals surface area contributed by atoms with Crippen LogP contribution in [0.25, 0.3) is 10.6 Å². The lowest BCUT2D eigenvalue weighted by Gasteiger charge is -2.05. The first-order chi connectivity index (χ1) is 11.9. The molecule has 1 aromatic carbocycles. The van der Waals surface area contributed by atoms with Crippen LogP contribution >= 0.6 is 11.3 Å². The molecule has 2 aromatic heterocycles. The highest BCUT2D eigenvalue weighted by Gasteiger charge is 2.20. The van der Waals surface area contributed by atoms with E-state index in [2.05, 4.69) is 15.3 Å². The minimum atomic E-state index is -3.69. The lowest BCUT2D eigenvalue weighted by molar-refractivity contribution is -0.113. The van der Waals surface area contributed by atoms with Crippen LogP contribution in [-0.2, 0) is 14.6 Å². The Labute approximate surface area is 149 Å². The van der Waals surface area contributed by atoms with E-state index in [1.807, 2.05) is 25.1 Å². The summed E-state index contributed by atoms with van der Waals surface area (Å²) in [5.74, 6) is -1.25. The highest BCUT2D eigenvalue weighted by molar-refractivity contribution is 7.92. The Hall–Kier alpha value is -2.58. The molecule has 8 heteroatoms. The molecule has 0 saturated carbocycles. The number of anilines is 1. The van der Waals surface area contributed by atoms with Gasteiger partial charge in [-0.05, 0) is 31.2 Å². The molecule has 3 aromatic rings. The summed E-state index contributed by atoms with van der Waals surface area (Å²) in [7, 11) is -3.69. The molecule has 128 valence electrons. The number of nitrogens with one attached hydrogen (secondary N) is 1. The quantitative estimate of drug-likeness (QED) is 0.743. The number of hydrogen-bond donors (Lipinski definition) is 1. The summed E-state index contributed by atoms with van der Waals surface area (Å²) in [5.41, 5.74) is 1.70. The third kappa shape index (κ3) is 4.28. The maximum atomic E-state index is 12.3. The van der Waals surface area contributed by atoms with Crippen LogP contribution in [0.1, 0.15) is 5.56 Å². The number of hydrogen-bond acceptors (Lipinski definition) is 6. The number of carbonyl (C=O) groups excluding carboxylic acids is 1. The fraction of sp³-hybridized carbons (Fsp3) is 0.118. The largest absolute Gasteiger partial charge is 0.301 e. The minimum absolute atomic E-state index is 0.126. The number of nitrogens with zero attached hydrogens (tertiary/aromatic N) is 2. The van der Waals surface area contributed by atoms with E-state index in [0.29, 0.717) is 5.13 Å². The second kappa shape index (κ2) is 7.12. The van der Waals surface area contributed by atoms with Gasteiger partial charge in [0.25, 0.3) is 0 Å². The van der Waals surface area contributed by atoms with Crippen molar-refractivity contribution in [2.45, 2.75) is 11.8 Å². The van der Waals surface area contributed by atoms with E-state index in [1.54, 1.807) is 24.5 Å². The van der Waals surface area contributed by atoms with E-state index in [0.717, 1.165) is 16.1 Å². The molecule has 25 heavy (non-hydrogen) atoms. The number of thiazole rings is 1. The number of sulfone groups is 1. The van der Waals surface area contributed by atoms with Crippen LogP contribution in [0.4, 0.5) is 5.13 Å². The summed E-state index contributed by atoms with van der Waals surface area (Å²) in [4.78, 5) is 21.3. The summed E-state index contributed by atoms with van der Waals surface area (Å²) < 4.78 is 24.6. The predicted octanol–water partition coefficient (Wildman–Crippen LogP) is 2.93. The van der Waals surface area contributed by atoms with Gasteiger partial charge in [-0.2, -0.15) is 0 Å². The van der Waals surface area contributed by atoms with Crippen molar-refractivity contribution >= 4 is 32.2 Å². The van der Waals surface area contributed by atoms with Gasteiger partial charge in [0.15, 0.2) is 15.0 Å². The average molecular weight is 373 g/mol. The summed E-state index contributed by atoms with van der Waals surface area (Å²) in [5, 5.41) is 2.87. The van der Waals surface area contributed by atoms with Crippen molar-refractivity contribution in [3.63, 3.8) is 0 Å². The highest BCUT2D eigenvalue weighted by Crippen LogP contribution is 2.27. The molecular weight excluding hydrogens is 358 g/mol. The third-order valence-electron chi connectivity index (χ3n) is 3.37. The Morgan fingerprint density at radius 2 is 1.88 bits per heavy atom. The zero-order valence-corrected chi connectivity index (χ0v) is 15.0. The first-order valence-corrected chi connectivity index (χ1v) is 9.87. The van der Waals surface area contributed by atoms with E-state index < -0.39 is 21.5 Å². The summed E-state index contributed by atoms with van der Waals surface area (Å²) in [6.45, 7) is 1.87. The van der Waals surface area contributed by atoms with Crippen molar-refractivity contribution in [2.75, 3.05) is 11.1 Å². The SMILES string of the molecule is Cc1ccc(S(=O)(=O)CC(=O)Nc2ncc(-c3ccccn3)s2)cc1. The van der Waals surface area contributed by atoms with E-state index >= 15 is 0 Å². The van der Waals surface area contributed by atoms with Crippen molar-refractivity contribution in [1.82, 2.24) is 9.97 Å². The van der Waals surface area contributed by atoms with Gasteiger partial charge in [-0.3, -0.25) is 9.78 Å². The van der Waals surface area contributed by atoms with Crippen LogP contribution < -0.4 is 5.32 Å². The molecule has 0 spiro atoms. The number of pyridine rings is 1. The third-order valence-corrected chi connectivity index (χ3v) is 5.94. The Kier molecular flexibility index (Phi) is 4.91. The van der Waals surface area contributed by atoms with Gasteiger partial charge in [0.05, 0.1) is 15.5 Å². The smallest absolute Gasteiger partial charge is 0.241 e. The maximum absolute atomic E-state index is 12.3. The lowest BCUT2D eigenvalue weighted by atomic mass is 10.2. The van der Waals surface area contributed by atoms with Gasteiger partial charge in [0.2, 0.25) is 5.91 Å². The van der Waals surface area contributed by atoms with Crippen LogP contribution in [0, 0.1) is 6.92 Å². The van der Waals surface area contributed by atoms with Crippen LogP contribution in [0.2, 0.25) is 0 Å². The molecule has 0 aliphatic rings. The fourth-order valence-corrected chi connectivity index (χ4v) is 4.06. The normalized spacial score (nSPS) is 11.2. The molecule has 1 amide bonds. The van der Waals surface area contributed by atoms with E-state index in [4.69, 9.17) is 0 Å². The molecule has 0 saturated heterocycles. The van der Waals surface area contributed by atoms with Crippen LogP contribution in [-0.4, -0.2) is 30.0 Å². The molecule has 3 rings (SSSR count). The molecule has 1 N–H and O–H groups in total. The molecule has 0 atom stereocenters. The summed E-state index contributed by atoms with van der Waals surface area (Å²) in [6, 6.07) is 11.9. The molecule has 0 unspecified atom stereocenters. The zero-order chi connectivity index (χ0) is 17.9. The molecule has 0 fully saturated rings. The lowest BCUT2D eigenvalue weighted by Crippen LogP contribution is -2.22. The molecule has 0 aliphatic carbocycles. The van der Waals surface area contributed by atoms with Gasteiger partial charge in [0.1, 0.15) is 5.75 Å². The number of amides is 1. The van der Waals surface area contributed by atoms with Gasteiger partial charge >= 0.3 is 0 Å². The minimum Gasteiger partial charge on any atom is -0.301 e. The number of carbonyl (C=O) groups is 1. The van der Waals surface area contributed by atoms with Crippen LogP contribution in [0.3, 0.4) is 0 Å². The van der Waals surface area contributed by atoms with E-state index in [9.17, 15) is 13.2 Å². The summed E-state index contributed by atoms with van der Waals surface area (Å²) >= 11 is 1.24. The molecule has 6 nitrogen and oxygen atoms in total. The van der Waals surface area contributed by atoms with Gasteiger partial charge in [-0.1, -0.05) is 35.1 Å². The highest BCUT2D eigenvalue weighted by atomic mass is 32.2. The van der Waals surface area contributed by atoms with Crippen molar-refractivity contribution in [1.29, 1.82) is 0 Å². The van der Waals surface area contributed by atoms with E-state index in [1.165, 1.54) is 23.5 Å². The standard InChI is InChI=1S/C17H15N3O3S2/c1-12-5-7-13(8-6-12)25(22,23)11-16(21)20-17-19-10-15(24-17)14-4-2-3-9-18-14/h2-10H,11H2,1H3,(H,19,20,21). The van der Waals surface area contributed by atoms with Crippen molar-refractivity contribution in [2.24, 2.45) is 0 Å². The van der Waals surface area contributed by atoms with E-state index in [-0.39, 0.29) is 4.90 Å². The first-order valence-electron chi connectivity index (χ1n) is 7.40. The Bertz CT molecular complexity index is 981. The van der Waals surface area contributed by atoms with Gasteiger partial charge in [0, 0.05) is 12.4 Å². The molecule has 0 aliphatic heterocycles. The summed E-state index contributed by atoms with van der Waals surface area (Å²) in [6.07, 6.45) is 3.26. The second-order valence-corrected chi connectivity index (χ2v) is 8.39. The predicted molar refractivity (Wildman–Crippen MR) is 97.2 cm³/mol. The monoisotopic (exact) mass is 373 g/mol.